The monoisotopic (exact) mass is 163 g/mol. The molecule has 1 heterocycles. The average Bonchev–Trinajstić information content (AvgIpc) is 2.01. The summed E-state index contributed by atoms with van der Waals surface area (Å²) < 4.78 is 0. The third-order valence-corrected chi connectivity index (χ3v) is 1.72. The molecule has 0 aromatic carbocycles. The normalized spacial score (nSPS) is 17.5. The first-order valence-corrected chi connectivity index (χ1v) is 3.34. The molecule has 0 saturated carbocycles. The first-order valence-electron chi connectivity index (χ1n) is 3.34. The van der Waals surface area contributed by atoms with Gasteiger partial charge in [-0.15, -0.1) is 0 Å². The molecule has 4 nitrogen and oxygen atoms in total. The lowest BCUT2D eigenvalue weighted by Crippen LogP contribution is -2.24. The van der Waals surface area contributed by atoms with Gasteiger partial charge in [-0.3, -0.25) is 0 Å². The van der Waals surface area contributed by atoms with Crippen molar-refractivity contribution in [3.05, 3.63) is 35.0 Å². The Morgan fingerprint density at radius 3 is 2.75 bits per heavy atom. The summed E-state index contributed by atoms with van der Waals surface area (Å²) in [5.41, 5.74) is 6.97. The van der Waals surface area contributed by atoms with Crippen molar-refractivity contribution in [1.82, 2.24) is 5.32 Å². The SMILES string of the molecule is C=C1NC(O)=C(N)C(C)=C1C#N. The van der Waals surface area contributed by atoms with Crippen LogP contribution in [0.3, 0.4) is 0 Å². The van der Waals surface area contributed by atoms with Gasteiger partial charge in [0.1, 0.15) is 6.07 Å². The number of rotatable bonds is 0. The number of nitrogens with zero attached hydrogens (tertiary/aromatic N) is 1. The van der Waals surface area contributed by atoms with Gasteiger partial charge in [-0.05, 0) is 12.5 Å². The molecule has 4 N–H and O–H groups in total. The van der Waals surface area contributed by atoms with E-state index in [1.807, 2.05) is 6.07 Å². The Morgan fingerprint density at radius 2 is 2.25 bits per heavy atom. The highest BCUT2D eigenvalue weighted by Gasteiger charge is 2.18. The molecule has 1 aliphatic heterocycles. The van der Waals surface area contributed by atoms with E-state index in [9.17, 15) is 5.11 Å². The standard InChI is InChI=1S/C8H9N3O/c1-4-6(3-9)5(2)11-8(12)7(4)10/h11-12H,2,10H2,1H3. The van der Waals surface area contributed by atoms with Crippen LogP contribution in [0.15, 0.2) is 35.0 Å². The Labute approximate surface area is 70.3 Å². The number of allylic oxidation sites excluding steroid dienone is 2. The average molecular weight is 163 g/mol. The molecule has 4 heteroatoms. The molecule has 0 aromatic rings. The Bertz CT molecular complexity index is 344. The minimum atomic E-state index is -0.142. The summed E-state index contributed by atoms with van der Waals surface area (Å²) in [4.78, 5) is 0. The summed E-state index contributed by atoms with van der Waals surface area (Å²) in [6.07, 6.45) is 0. The second kappa shape index (κ2) is 2.62. The number of aliphatic hydroxyl groups excluding tert-OH is 1. The van der Waals surface area contributed by atoms with Crippen LogP contribution >= 0.6 is 0 Å². The van der Waals surface area contributed by atoms with Crippen LogP contribution in [0, 0.1) is 11.3 Å². The zero-order valence-corrected chi connectivity index (χ0v) is 6.68. The number of hydrogen-bond donors (Lipinski definition) is 3. The molecule has 0 saturated heterocycles. The third-order valence-electron chi connectivity index (χ3n) is 1.72. The van der Waals surface area contributed by atoms with Crippen molar-refractivity contribution in [2.75, 3.05) is 0 Å². The van der Waals surface area contributed by atoms with Crippen LogP contribution in [0.25, 0.3) is 0 Å². The molecule has 1 rings (SSSR count). The molecule has 0 atom stereocenters. The van der Waals surface area contributed by atoms with Gasteiger partial charge >= 0.3 is 0 Å². The van der Waals surface area contributed by atoms with Crippen LogP contribution in [0.5, 0.6) is 0 Å². The Morgan fingerprint density at radius 1 is 1.67 bits per heavy atom. The highest BCUT2D eigenvalue weighted by molar-refractivity contribution is 5.53. The van der Waals surface area contributed by atoms with Crippen molar-refractivity contribution in [3.63, 3.8) is 0 Å². The number of nitrogens with two attached hydrogens (primary N) is 1. The molecular formula is C8H9N3O. The van der Waals surface area contributed by atoms with Gasteiger partial charge in [0.25, 0.3) is 0 Å². The fraction of sp³-hybridized carbons (Fsp3) is 0.125. The fourth-order valence-electron chi connectivity index (χ4n) is 0.963. The zero-order valence-electron chi connectivity index (χ0n) is 6.68. The summed E-state index contributed by atoms with van der Waals surface area (Å²) >= 11 is 0. The smallest absolute Gasteiger partial charge is 0.212 e. The van der Waals surface area contributed by atoms with Gasteiger partial charge in [0.05, 0.1) is 17.0 Å². The molecule has 1 aliphatic rings. The van der Waals surface area contributed by atoms with Crippen molar-refractivity contribution < 1.29 is 5.11 Å². The highest BCUT2D eigenvalue weighted by atomic mass is 16.3. The molecule has 0 unspecified atom stereocenters. The van der Waals surface area contributed by atoms with Crippen LogP contribution < -0.4 is 11.1 Å². The fourth-order valence-corrected chi connectivity index (χ4v) is 0.963. The van der Waals surface area contributed by atoms with Crippen LogP contribution in [0.1, 0.15) is 6.92 Å². The third kappa shape index (κ3) is 1.01. The highest BCUT2D eigenvalue weighted by Crippen LogP contribution is 2.21. The lowest BCUT2D eigenvalue weighted by atomic mass is 10.0. The van der Waals surface area contributed by atoms with Gasteiger partial charge in [0.2, 0.25) is 5.88 Å². The van der Waals surface area contributed by atoms with Crippen LogP contribution in [0.4, 0.5) is 0 Å². The van der Waals surface area contributed by atoms with Gasteiger partial charge in [-0.25, -0.2) is 0 Å². The maximum atomic E-state index is 9.17. The molecule has 12 heavy (non-hydrogen) atoms. The van der Waals surface area contributed by atoms with E-state index >= 15 is 0 Å². The predicted octanol–water partition coefficient (Wildman–Crippen LogP) is 0.629. The number of aliphatic hydroxyl groups is 1. The summed E-state index contributed by atoms with van der Waals surface area (Å²) in [7, 11) is 0. The van der Waals surface area contributed by atoms with Gasteiger partial charge in [0, 0.05) is 0 Å². The molecule has 0 radical (unpaired) electrons. The lowest BCUT2D eigenvalue weighted by Gasteiger charge is -2.18. The molecule has 0 aromatic heterocycles. The van der Waals surface area contributed by atoms with Crippen molar-refractivity contribution in [2.45, 2.75) is 6.92 Å². The molecular weight excluding hydrogens is 154 g/mol. The molecule has 0 amide bonds. The molecule has 0 aliphatic carbocycles. The van der Waals surface area contributed by atoms with E-state index in [-0.39, 0.29) is 11.6 Å². The predicted molar refractivity (Wildman–Crippen MR) is 44.4 cm³/mol. The van der Waals surface area contributed by atoms with E-state index in [1.54, 1.807) is 6.92 Å². The first-order chi connectivity index (χ1) is 5.57. The maximum absolute atomic E-state index is 9.17. The number of dihydropyridines is 1. The topological polar surface area (TPSA) is 82.1 Å². The quantitative estimate of drug-likeness (QED) is 0.489. The largest absolute Gasteiger partial charge is 0.493 e. The van der Waals surface area contributed by atoms with Crippen molar-refractivity contribution >= 4 is 0 Å². The van der Waals surface area contributed by atoms with Crippen LogP contribution in [-0.2, 0) is 0 Å². The number of nitriles is 1. The van der Waals surface area contributed by atoms with E-state index in [1.165, 1.54) is 0 Å². The van der Waals surface area contributed by atoms with Crippen molar-refractivity contribution in [1.29, 1.82) is 5.26 Å². The summed E-state index contributed by atoms with van der Waals surface area (Å²) in [5.74, 6) is -0.142. The molecule has 62 valence electrons. The van der Waals surface area contributed by atoms with Crippen LogP contribution in [-0.4, -0.2) is 5.11 Å². The van der Waals surface area contributed by atoms with E-state index in [4.69, 9.17) is 11.0 Å². The molecule has 0 spiro atoms. The second-order valence-electron chi connectivity index (χ2n) is 2.48. The van der Waals surface area contributed by atoms with Gasteiger partial charge in [0.15, 0.2) is 0 Å². The lowest BCUT2D eigenvalue weighted by molar-refractivity contribution is 0.369. The Kier molecular flexibility index (Phi) is 1.80. The van der Waals surface area contributed by atoms with Gasteiger partial charge < -0.3 is 16.2 Å². The van der Waals surface area contributed by atoms with Gasteiger partial charge in [-0.1, -0.05) is 6.58 Å². The first kappa shape index (κ1) is 8.21. The van der Waals surface area contributed by atoms with E-state index in [0.29, 0.717) is 16.8 Å². The van der Waals surface area contributed by atoms with Crippen molar-refractivity contribution in [3.8, 4) is 6.07 Å². The van der Waals surface area contributed by atoms with E-state index < -0.39 is 0 Å². The minimum absolute atomic E-state index is 0.142. The molecule has 0 bridgehead atoms. The van der Waals surface area contributed by atoms with Crippen LogP contribution in [0.2, 0.25) is 0 Å². The van der Waals surface area contributed by atoms with E-state index in [0.717, 1.165) is 0 Å². The number of hydrogen-bond acceptors (Lipinski definition) is 4. The number of nitrogens with one attached hydrogen (secondary N) is 1. The van der Waals surface area contributed by atoms with E-state index in [2.05, 4.69) is 11.9 Å². The maximum Gasteiger partial charge on any atom is 0.212 e. The Balaban J connectivity index is 3.29. The second-order valence-corrected chi connectivity index (χ2v) is 2.48. The van der Waals surface area contributed by atoms with Gasteiger partial charge in [-0.2, -0.15) is 5.26 Å². The molecule has 0 fully saturated rings. The Hall–Kier alpha value is -1.89. The summed E-state index contributed by atoms with van der Waals surface area (Å²) in [6.45, 7) is 5.22. The zero-order chi connectivity index (χ0) is 9.30. The van der Waals surface area contributed by atoms with Crippen molar-refractivity contribution in [2.24, 2.45) is 5.73 Å². The summed E-state index contributed by atoms with van der Waals surface area (Å²) in [5, 5.41) is 20.3. The minimum Gasteiger partial charge on any atom is -0.493 e. The summed E-state index contributed by atoms with van der Waals surface area (Å²) in [6, 6.07) is 1.95.